The van der Waals surface area contributed by atoms with Gasteiger partial charge in [-0.25, -0.2) is 0 Å². The number of benzene rings is 1. The molecule has 1 amide bonds. The molecule has 1 N–H and O–H groups in total. The van der Waals surface area contributed by atoms with Gasteiger partial charge >= 0.3 is 5.69 Å². The molecule has 7 nitrogen and oxygen atoms in total. The maximum absolute atomic E-state index is 11.8. The van der Waals surface area contributed by atoms with Crippen LogP contribution < -0.4 is 10.1 Å². The molecular formula is C15H23N3O4. The van der Waals surface area contributed by atoms with Crippen molar-refractivity contribution in [1.29, 1.82) is 0 Å². The first-order valence-electron chi connectivity index (χ1n) is 7.20. The van der Waals surface area contributed by atoms with Crippen molar-refractivity contribution in [2.45, 2.75) is 33.4 Å². The maximum atomic E-state index is 11.8. The molecule has 7 heteroatoms. The second kappa shape index (κ2) is 8.33. The van der Waals surface area contributed by atoms with Crippen molar-refractivity contribution in [3.63, 3.8) is 0 Å². The van der Waals surface area contributed by atoms with Crippen LogP contribution in [0.1, 0.15) is 26.3 Å². The molecule has 0 aliphatic heterocycles. The highest BCUT2D eigenvalue weighted by molar-refractivity contribution is 5.78. The molecule has 0 unspecified atom stereocenters. The highest BCUT2D eigenvalue weighted by Gasteiger charge is 2.17. The van der Waals surface area contributed by atoms with E-state index in [1.54, 1.807) is 12.1 Å². The number of methoxy groups -OCH3 is 1. The lowest BCUT2D eigenvalue weighted by atomic mass is 10.1. The van der Waals surface area contributed by atoms with Crippen LogP contribution in [-0.4, -0.2) is 42.0 Å². The van der Waals surface area contributed by atoms with Gasteiger partial charge in [-0.05, 0) is 32.0 Å². The SMILES string of the molecule is CCN(CC(=O)NC(C)C)Cc1ccc(OC)c([N+](=O)[O-])c1. The quantitative estimate of drug-likeness (QED) is 0.586. The van der Waals surface area contributed by atoms with Crippen LogP contribution in [0.4, 0.5) is 5.69 Å². The molecule has 0 spiro atoms. The van der Waals surface area contributed by atoms with Gasteiger partial charge in [-0.1, -0.05) is 13.0 Å². The first-order chi connectivity index (χ1) is 10.4. The Kier molecular flexibility index (Phi) is 6.78. The van der Waals surface area contributed by atoms with E-state index in [9.17, 15) is 14.9 Å². The Morgan fingerprint density at radius 2 is 2.14 bits per heavy atom. The topological polar surface area (TPSA) is 84.7 Å². The van der Waals surface area contributed by atoms with Crippen LogP contribution in [0.15, 0.2) is 18.2 Å². The molecule has 22 heavy (non-hydrogen) atoms. The van der Waals surface area contributed by atoms with E-state index in [0.29, 0.717) is 13.1 Å². The molecule has 1 aromatic carbocycles. The fraction of sp³-hybridized carbons (Fsp3) is 0.533. The molecule has 1 rings (SSSR count). The van der Waals surface area contributed by atoms with Crippen molar-refractivity contribution in [3.05, 3.63) is 33.9 Å². The van der Waals surface area contributed by atoms with Crippen LogP contribution in [0.5, 0.6) is 5.75 Å². The third kappa shape index (κ3) is 5.33. The average molecular weight is 309 g/mol. The van der Waals surface area contributed by atoms with Crippen molar-refractivity contribution in [2.24, 2.45) is 0 Å². The van der Waals surface area contributed by atoms with E-state index < -0.39 is 4.92 Å². The van der Waals surface area contributed by atoms with Gasteiger partial charge in [0.2, 0.25) is 5.91 Å². The Morgan fingerprint density at radius 1 is 1.45 bits per heavy atom. The van der Waals surface area contributed by atoms with Crippen LogP contribution in [0.2, 0.25) is 0 Å². The minimum atomic E-state index is -0.468. The number of amides is 1. The summed E-state index contributed by atoms with van der Waals surface area (Å²) in [6, 6.07) is 4.93. The first kappa shape index (κ1) is 17.9. The second-order valence-corrected chi connectivity index (χ2v) is 5.29. The highest BCUT2D eigenvalue weighted by atomic mass is 16.6. The molecule has 0 aromatic heterocycles. The summed E-state index contributed by atoms with van der Waals surface area (Å²) >= 11 is 0. The fourth-order valence-corrected chi connectivity index (χ4v) is 2.09. The van der Waals surface area contributed by atoms with E-state index >= 15 is 0 Å². The second-order valence-electron chi connectivity index (χ2n) is 5.29. The summed E-state index contributed by atoms with van der Waals surface area (Å²) in [6.07, 6.45) is 0. The van der Waals surface area contributed by atoms with E-state index in [4.69, 9.17) is 4.74 Å². The Bertz CT molecular complexity index is 532. The van der Waals surface area contributed by atoms with Gasteiger partial charge in [0, 0.05) is 18.7 Å². The summed E-state index contributed by atoms with van der Waals surface area (Å²) in [5.41, 5.74) is 0.703. The zero-order valence-electron chi connectivity index (χ0n) is 13.5. The predicted molar refractivity (Wildman–Crippen MR) is 83.9 cm³/mol. The summed E-state index contributed by atoms with van der Waals surface area (Å²) < 4.78 is 4.98. The van der Waals surface area contributed by atoms with Gasteiger partial charge < -0.3 is 10.1 Å². The number of carbonyl (C=O) groups is 1. The van der Waals surface area contributed by atoms with Crippen LogP contribution in [-0.2, 0) is 11.3 Å². The minimum absolute atomic E-state index is 0.0557. The standard InChI is InChI=1S/C15H23N3O4/c1-5-17(10-15(19)16-11(2)3)9-12-6-7-14(22-4)13(8-12)18(20)21/h6-8,11H,5,9-10H2,1-4H3,(H,16,19). The number of hydrogen-bond acceptors (Lipinski definition) is 5. The summed E-state index contributed by atoms with van der Waals surface area (Å²) in [6.45, 7) is 7.15. The van der Waals surface area contributed by atoms with Gasteiger partial charge in [0.05, 0.1) is 18.6 Å². The maximum Gasteiger partial charge on any atom is 0.311 e. The van der Waals surface area contributed by atoms with Crippen molar-refractivity contribution in [2.75, 3.05) is 20.2 Å². The number of hydrogen-bond donors (Lipinski definition) is 1. The van der Waals surface area contributed by atoms with Crippen molar-refractivity contribution in [3.8, 4) is 5.75 Å². The van der Waals surface area contributed by atoms with Gasteiger partial charge in [-0.2, -0.15) is 0 Å². The van der Waals surface area contributed by atoms with Crippen molar-refractivity contribution in [1.82, 2.24) is 10.2 Å². The number of likely N-dealkylation sites (N-methyl/N-ethyl adjacent to an activating group) is 1. The average Bonchev–Trinajstić information content (AvgIpc) is 2.45. The number of nitro benzene ring substituents is 1. The number of rotatable bonds is 8. The summed E-state index contributed by atoms with van der Waals surface area (Å²) in [5, 5.41) is 13.9. The van der Waals surface area contributed by atoms with Gasteiger partial charge in [-0.3, -0.25) is 19.8 Å². The molecule has 0 heterocycles. The monoisotopic (exact) mass is 309 g/mol. The van der Waals surface area contributed by atoms with Gasteiger partial charge in [0.1, 0.15) is 0 Å². The van der Waals surface area contributed by atoms with Gasteiger partial charge in [0.15, 0.2) is 5.75 Å². The van der Waals surface area contributed by atoms with E-state index in [0.717, 1.165) is 5.56 Å². The molecule has 0 aliphatic carbocycles. The van der Waals surface area contributed by atoms with Crippen LogP contribution in [0.25, 0.3) is 0 Å². The van der Waals surface area contributed by atoms with E-state index in [1.807, 2.05) is 25.7 Å². The molecule has 0 saturated heterocycles. The summed E-state index contributed by atoms with van der Waals surface area (Å²) in [5.74, 6) is 0.175. The number of ether oxygens (including phenoxy) is 1. The molecule has 0 fully saturated rings. The smallest absolute Gasteiger partial charge is 0.311 e. The normalized spacial score (nSPS) is 10.8. The molecule has 0 bridgehead atoms. The first-order valence-corrected chi connectivity index (χ1v) is 7.20. The lowest BCUT2D eigenvalue weighted by molar-refractivity contribution is -0.385. The van der Waals surface area contributed by atoms with Crippen molar-refractivity contribution < 1.29 is 14.5 Å². The predicted octanol–water partition coefficient (Wildman–Crippen LogP) is 1.95. The van der Waals surface area contributed by atoms with Crippen LogP contribution in [0, 0.1) is 10.1 Å². The molecule has 0 atom stereocenters. The van der Waals surface area contributed by atoms with Crippen LogP contribution in [0.3, 0.4) is 0 Å². The Labute approximate surface area is 130 Å². The molecule has 0 saturated carbocycles. The molecule has 1 aromatic rings. The third-order valence-corrected chi connectivity index (χ3v) is 3.11. The molecule has 122 valence electrons. The third-order valence-electron chi connectivity index (χ3n) is 3.11. The Morgan fingerprint density at radius 3 is 2.64 bits per heavy atom. The van der Waals surface area contributed by atoms with Gasteiger partial charge in [-0.15, -0.1) is 0 Å². The van der Waals surface area contributed by atoms with E-state index in [-0.39, 0.29) is 29.9 Å². The minimum Gasteiger partial charge on any atom is -0.490 e. The molecule has 0 radical (unpaired) electrons. The number of carbonyl (C=O) groups excluding carboxylic acids is 1. The lowest BCUT2D eigenvalue weighted by Gasteiger charge is -2.20. The zero-order valence-corrected chi connectivity index (χ0v) is 13.5. The van der Waals surface area contributed by atoms with Crippen LogP contribution >= 0.6 is 0 Å². The Balaban J connectivity index is 2.81. The largest absolute Gasteiger partial charge is 0.490 e. The highest BCUT2D eigenvalue weighted by Crippen LogP contribution is 2.27. The summed E-state index contributed by atoms with van der Waals surface area (Å²) in [4.78, 5) is 24.3. The number of nitrogens with zero attached hydrogens (tertiary/aromatic N) is 2. The lowest BCUT2D eigenvalue weighted by Crippen LogP contribution is -2.39. The van der Waals surface area contributed by atoms with E-state index in [2.05, 4.69) is 5.32 Å². The number of nitrogens with one attached hydrogen (secondary N) is 1. The van der Waals surface area contributed by atoms with Gasteiger partial charge in [0.25, 0.3) is 0 Å². The Hall–Kier alpha value is -2.15. The zero-order chi connectivity index (χ0) is 16.7. The number of nitro groups is 1. The van der Waals surface area contributed by atoms with Crippen molar-refractivity contribution >= 4 is 11.6 Å². The summed E-state index contributed by atoms with van der Waals surface area (Å²) in [7, 11) is 1.40. The molecular weight excluding hydrogens is 286 g/mol. The molecule has 0 aliphatic rings. The fourth-order valence-electron chi connectivity index (χ4n) is 2.09. The van der Waals surface area contributed by atoms with E-state index in [1.165, 1.54) is 13.2 Å².